The van der Waals surface area contributed by atoms with Crippen molar-refractivity contribution in [1.82, 2.24) is 9.78 Å². The molecule has 0 amide bonds. The number of aromatic nitrogens is 2. The molecule has 0 fully saturated rings. The predicted octanol–water partition coefficient (Wildman–Crippen LogP) is 5.75. The summed E-state index contributed by atoms with van der Waals surface area (Å²) < 4.78 is 42.1. The molecular weight excluding hydrogens is 391 g/mol. The second kappa shape index (κ2) is 8.34. The van der Waals surface area contributed by atoms with Gasteiger partial charge in [-0.2, -0.15) is 18.3 Å². The van der Waals surface area contributed by atoms with E-state index >= 15 is 0 Å². The number of Topliss-reactive ketones (excluding diaryl/α,β-unsaturated/α-hetero) is 1. The summed E-state index contributed by atoms with van der Waals surface area (Å²) in [6.45, 7) is 0. The zero-order chi connectivity index (χ0) is 21.1. The molecule has 0 spiro atoms. The lowest BCUT2D eigenvalue weighted by Crippen LogP contribution is -2.36. The molecule has 1 aliphatic heterocycles. The molecule has 0 bridgehead atoms. The maximum Gasteiger partial charge on any atom is 0.410 e. The lowest BCUT2D eigenvalue weighted by atomic mass is 9.96. The van der Waals surface area contributed by atoms with Gasteiger partial charge in [0.2, 0.25) is 0 Å². The largest absolute Gasteiger partial charge is 0.410 e. The summed E-state index contributed by atoms with van der Waals surface area (Å²) in [6.07, 6.45) is -1.76. The van der Waals surface area contributed by atoms with E-state index in [1.807, 2.05) is 36.4 Å². The van der Waals surface area contributed by atoms with Crippen LogP contribution in [0.1, 0.15) is 52.8 Å². The van der Waals surface area contributed by atoms with E-state index in [-0.39, 0.29) is 30.0 Å². The van der Waals surface area contributed by atoms with Crippen LogP contribution < -0.4 is 5.32 Å². The van der Waals surface area contributed by atoms with Gasteiger partial charge in [-0.15, -0.1) is 0 Å². The third-order valence-electron chi connectivity index (χ3n) is 5.45. The fraction of sp³-hybridized carbons (Fsp3) is 0.304. The average molecular weight is 413 g/mol. The minimum absolute atomic E-state index is 0.155. The molecule has 30 heavy (non-hydrogen) atoms. The van der Waals surface area contributed by atoms with Crippen LogP contribution in [0.5, 0.6) is 0 Å². The number of aryl methyl sites for hydroxylation is 1. The quantitative estimate of drug-likeness (QED) is 0.524. The first-order chi connectivity index (χ1) is 14.4. The first-order valence-corrected chi connectivity index (χ1v) is 9.96. The highest BCUT2D eigenvalue weighted by Gasteiger charge is 2.47. The van der Waals surface area contributed by atoms with Gasteiger partial charge >= 0.3 is 6.18 Å². The molecule has 0 saturated heterocycles. The molecule has 156 valence electrons. The monoisotopic (exact) mass is 413 g/mol. The van der Waals surface area contributed by atoms with E-state index in [4.69, 9.17) is 0 Å². The minimum atomic E-state index is -4.45. The molecule has 0 aliphatic carbocycles. The van der Waals surface area contributed by atoms with Gasteiger partial charge < -0.3 is 5.32 Å². The number of carbonyl (C=O) groups is 1. The molecule has 2 aromatic carbocycles. The van der Waals surface area contributed by atoms with Crippen molar-refractivity contribution in [3.63, 3.8) is 0 Å². The van der Waals surface area contributed by atoms with Gasteiger partial charge in [-0.05, 0) is 24.0 Å². The van der Waals surface area contributed by atoms with E-state index in [0.717, 1.165) is 22.2 Å². The SMILES string of the molecule is O=C(CCCc1ccccc1)c1cnn2c1NC(c1ccccc1)CC2C(F)(F)F. The Balaban J connectivity index is 1.55. The van der Waals surface area contributed by atoms with E-state index in [9.17, 15) is 18.0 Å². The Kier molecular flexibility index (Phi) is 5.61. The van der Waals surface area contributed by atoms with Gasteiger partial charge in [-0.3, -0.25) is 4.79 Å². The minimum Gasteiger partial charge on any atom is -0.363 e. The molecule has 1 aliphatic rings. The number of alkyl halides is 3. The number of halogens is 3. The normalized spacial score (nSPS) is 18.5. The van der Waals surface area contributed by atoms with Crippen LogP contribution in [0.2, 0.25) is 0 Å². The smallest absolute Gasteiger partial charge is 0.363 e. The van der Waals surface area contributed by atoms with Gasteiger partial charge in [0.1, 0.15) is 5.82 Å². The van der Waals surface area contributed by atoms with E-state index in [1.165, 1.54) is 6.20 Å². The predicted molar refractivity (Wildman–Crippen MR) is 108 cm³/mol. The summed E-state index contributed by atoms with van der Waals surface area (Å²) in [4.78, 5) is 12.8. The highest BCUT2D eigenvalue weighted by atomic mass is 19.4. The van der Waals surface area contributed by atoms with Crippen LogP contribution in [0.3, 0.4) is 0 Å². The van der Waals surface area contributed by atoms with Gasteiger partial charge in [0.15, 0.2) is 11.8 Å². The topological polar surface area (TPSA) is 46.9 Å². The molecule has 0 saturated carbocycles. The number of fused-ring (bicyclic) bond motifs is 1. The first-order valence-electron chi connectivity index (χ1n) is 9.96. The molecular formula is C23H22F3N3O. The Morgan fingerprint density at radius 1 is 1.07 bits per heavy atom. The van der Waals surface area contributed by atoms with Crippen molar-refractivity contribution in [2.45, 2.75) is 43.9 Å². The number of carbonyl (C=O) groups excluding carboxylic acids is 1. The van der Waals surface area contributed by atoms with E-state index in [2.05, 4.69) is 10.4 Å². The summed E-state index contributed by atoms with van der Waals surface area (Å²) in [5.41, 5.74) is 2.10. The van der Waals surface area contributed by atoms with Crippen LogP contribution in [0.15, 0.2) is 66.9 Å². The summed E-state index contributed by atoms with van der Waals surface area (Å²) in [6, 6.07) is 16.5. The van der Waals surface area contributed by atoms with E-state index in [0.29, 0.717) is 6.42 Å². The van der Waals surface area contributed by atoms with Crippen molar-refractivity contribution in [1.29, 1.82) is 0 Å². The van der Waals surface area contributed by atoms with Crippen molar-refractivity contribution in [2.75, 3.05) is 5.32 Å². The van der Waals surface area contributed by atoms with Crippen LogP contribution in [0, 0.1) is 0 Å². The van der Waals surface area contributed by atoms with Crippen molar-refractivity contribution in [3.05, 3.63) is 83.6 Å². The summed E-state index contributed by atoms with van der Waals surface area (Å²) in [7, 11) is 0. The highest BCUT2D eigenvalue weighted by Crippen LogP contribution is 2.44. The van der Waals surface area contributed by atoms with E-state index < -0.39 is 18.3 Å². The second-order valence-corrected chi connectivity index (χ2v) is 7.51. The fourth-order valence-corrected chi connectivity index (χ4v) is 3.90. The molecule has 7 heteroatoms. The first kappa shape index (κ1) is 20.2. The standard InChI is InChI=1S/C23H22F3N3O/c24-23(25,26)21-14-19(17-11-5-2-6-12-17)28-22-18(15-27-29(21)22)20(30)13-7-10-16-8-3-1-4-9-16/h1-6,8-9,11-12,15,19,21,28H,7,10,13-14H2. The Morgan fingerprint density at radius 3 is 2.40 bits per heavy atom. The molecule has 2 unspecified atom stereocenters. The summed E-state index contributed by atoms with van der Waals surface area (Å²) in [5, 5.41) is 7.07. The highest BCUT2D eigenvalue weighted by molar-refractivity contribution is 6.00. The van der Waals surface area contributed by atoms with Crippen LogP contribution in [0.4, 0.5) is 19.0 Å². The van der Waals surface area contributed by atoms with Crippen LogP contribution in [0.25, 0.3) is 0 Å². The third-order valence-corrected chi connectivity index (χ3v) is 5.45. The lowest BCUT2D eigenvalue weighted by molar-refractivity contribution is -0.173. The number of nitrogens with zero attached hydrogens (tertiary/aromatic N) is 2. The maximum absolute atomic E-state index is 13.7. The Hall–Kier alpha value is -3.09. The van der Waals surface area contributed by atoms with Crippen molar-refractivity contribution < 1.29 is 18.0 Å². The zero-order valence-corrected chi connectivity index (χ0v) is 16.3. The van der Waals surface area contributed by atoms with Crippen molar-refractivity contribution in [3.8, 4) is 0 Å². The van der Waals surface area contributed by atoms with Crippen molar-refractivity contribution in [2.24, 2.45) is 0 Å². The number of anilines is 1. The summed E-state index contributed by atoms with van der Waals surface area (Å²) in [5.74, 6) is -0.0449. The third kappa shape index (κ3) is 4.25. The molecule has 1 N–H and O–H groups in total. The number of hydrogen-bond donors (Lipinski definition) is 1. The fourth-order valence-electron chi connectivity index (χ4n) is 3.90. The molecule has 2 atom stereocenters. The number of hydrogen-bond acceptors (Lipinski definition) is 3. The van der Waals surface area contributed by atoms with Crippen LogP contribution in [-0.2, 0) is 6.42 Å². The summed E-state index contributed by atoms with van der Waals surface area (Å²) >= 11 is 0. The van der Waals surface area contributed by atoms with Crippen molar-refractivity contribution >= 4 is 11.6 Å². The lowest BCUT2D eigenvalue weighted by Gasteiger charge is -2.34. The van der Waals surface area contributed by atoms with E-state index in [1.54, 1.807) is 24.3 Å². The van der Waals surface area contributed by atoms with Gasteiger partial charge in [0, 0.05) is 12.8 Å². The van der Waals surface area contributed by atoms with Gasteiger partial charge in [0.05, 0.1) is 17.8 Å². The Morgan fingerprint density at radius 2 is 1.73 bits per heavy atom. The zero-order valence-electron chi connectivity index (χ0n) is 16.3. The number of ketones is 1. The molecule has 3 aromatic rings. The molecule has 4 rings (SSSR count). The molecule has 1 aromatic heterocycles. The number of nitrogens with one attached hydrogen (secondary N) is 1. The molecule has 2 heterocycles. The van der Waals surface area contributed by atoms with Gasteiger partial charge in [-0.25, -0.2) is 4.68 Å². The average Bonchev–Trinajstić information content (AvgIpc) is 3.17. The maximum atomic E-state index is 13.7. The van der Waals surface area contributed by atoms with Gasteiger partial charge in [-0.1, -0.05) is 60.7 Å². The Bertz CT molecular complexity index is 1000. The van der Waals surface area contributed by atoms with Gasteiger partial charge in [0.25, 0.3) is 0 Å². The molecule has 0 radical (unpaired) electrons. The second-order valence-electron chi connectivity index (χ2n) is 7.51. The van der Waals surface area contributed by atoms with Crippen LogP contribution >= 0.6 is 0 Å². The number of rotatable bonds is 6. The van der Waals surface area contributed by atoms with Crippen LogP contribution in [-0.4, -0.2) is 21.7 Å². The Labute approximate surface area is 172 Å². The number of benzene rings is 2. The molecule has 4 nitrogen and oxygen atoms in total.